The van der Waals surface area contributed by atoms with Gasteiger partial charge in [-0.25, -0.2) is 15.0 Å². The lowest BCUT2D eigenvalue weighted by atomic mass is 10.2. The van der Waals surface area contributed by atoms with Crippen LogP contribution >= 0.6 is 11.8 Å². The van der Waals surface area contributed by atoms with E-state index in [4.69, 9.17) is 5.11 Å². The van der Waals surface area contributed by atoms with Gasteiger partial charge in [-0.3, -0.25) is 0 Å². The van der Waals surface area contributed by atoms with Crippen molar-refractivity contribution in [2.24, 2.45) is 0 Å². The Morgan fingerprint density at radius 1 is 1.38 bits per heavy atom. The van der Waals surface area contributed by atoms with Crippen molar-refractivity contribution in [1.82, 2.24) is 15.0 Å². The smallest absolute Gasteiger partial charge is 0.116 e. The van der Waals surface area contributed by atoms with E-state index in [-0.39, 0.29) is 6.61 Å². The van der Waals surface area contributed by atoms with Crippen LogP contribution in [-0.4, -0.2) is 20.1 Å². The number of hydrogen-bond acceptors (Lipinski definition) is 5. The highest BCUT2D eigenvalue weighted by Gasteiger charge is 2.04. The third-order valence-electron chi connectivity index (χ3n) is 2.03. The number of aromatic nitrogens is 3. The van der Waals surface area contributed by atoms with Crippen LogP contribution in [0.2, 0.25) is 0 Å². The molecule has 0 aliphatic heterocycles. The fraction of sp³-hybridized carbons (Fsp3) is 0.182. The average molecular weight is 233 g/mol. The van der Waals surface area contributed by atoms with Crippen LogP contribution in [0.1, 0.15) is 11.1 Å². The topological polar surface area (TPSA) is 58.9 Å². The molecule has 0 aromatic carbocycles. The molecule has 2 rings (SSSR count). The van der Waals surface area contributed by atoms with Crippen LogP contribution in [0.3, 0.4) is 0 Å². The molecule has 0 saturated heterocycles. The number of aliphatic hydroxyl groups excluding tert-OH is 1. The van der Waals surface area contributed by atoms with Crippen LogP contribution < -0.4 is 0 Å². The van der Waals surface area contributed by atoms with Gasteiger partial charge in [0.1, 0.15) is 16.4 Å². The largest absolute Gasteiger partial charge is 0.392 e. The Balaban J connectivity index is 2.22. The van der Waals surface area contributed by atoms with Crippen molar-refractivity contribution in [3.63, 3.8) is 0 Å². The second-order valence-corrected chi connectivity index (χ2v) is 4.28. The summed E-state index contributed by atoms with van der Waals surface area (Å²) in [7, 11) is 0. The molecule has 0 spiro atoms. The van der Waals surface area contributed by atoms with Crippen LogP contribution in [0.5, 0.6) is 0 Å². The molecule has 16 heavy (non-hydrogen) atoms. The lowest BCUT2D eigenvalue weighted by Gasteiger charge is -2.04. The Labute approximate surface area is 97.8 Å². The molecule has 0 atom stereocenters. The molecular formula is C11H11N3OS. The van der Waals surface area contributed by atoms with E-state index in [1.165, 1.54) is 18.1 Å². The van der Waals surface area contributed by atoms with Gasteiger partial charge in [-0.15, -0.1) is 0 Å². The van der Waals surface area contributed by atoms with E-state index in [0.717, 1.165) is 21.2 Å². The number of hydrogen-bond donors (Lipinski definition) is 1. The zero-order chi connectivity index (χ0) is 11.4. The highest BCUT2D eigenvalue weighted by molar-refractivity contribution is 7.99. The summed E-state index contributed by atoms with van der Waals surface area (Å²) < 4.78 is 0. The highest BCUT2D eigenvalue weighted by Crippen LogP contribution is 2.26. The van der Waals surface area contributed by atoms with Gasteiger partial charge in [-0.05, 0) is 41.9 Å². The van der Waals surface area contributed by atoms with Crippen LogP contribution in [0.25, 0.3) is 0 Å². The second kappa shape index (κ2) is 5.05. The molecule has 2 aromatic heterocycles. The molecule has 1 N–H and O–H groups in total. The van der Waals surface area contributed by atoms with Crippen molar-refractivity contribution in [2.75, 3.05) is 0 Å². The fourth-order valence-electron chi connectivity index (χ4n) is 1.25. The molecule has 5 heteroatoms. The van der Waals surface area contributed by atoms with Crippen molar-refractivity contribution in [2.45, 2.75) is 23.6 Å². The minimum Gasteiger partial charge on any atom is -0.392 e. The summed E-state index contributed by atoms with van der Waals surface area (Å²) in [5.41, 5.74) is 1.86. The summed E-state index contributed by atoms with van der Waals surface area (Å²) >= 11 is 1.49. The minimum atomic E-state index is 0.0201. The maximum atomic E-state index is 8.98. The number of rotatable bonds is 3. The summed E-state index contributed by atoms with van der Waals surface area (Å²) in [6, 6.07) is 3.77. The number of aryl methyl sites for hydroxylation is 1. The first kappa shape index (κ1) is 11.0. The van der Waals surface area contributed by atoms with Gasteiger partial charge >= 0.3 is 0 Å². The molecule has 0 aliphatic rings. The van der Waals surface area contributed by atoms with E-state index in [1.807, 2.05) is 19.1 Å². The number of aliphatic hydroxyl groups is 1. The van der Waals surface area contributed by atoms with Crippen LogP contribution in [0.4, 0.5) is 0 Å². The van der Waals surface area contributed by atoms with E-state index < -0.39 is 0 Å². The predicted molar refractivity (Wildman–Crippen MR) is 61.1 cm³/mol. The first-order valence-corrected chi connectivity index (χ1v) is 5.61. The lowest BCUT2D eigenvalue weighted by molar-refractivity contribution is 0.281. The van der Waals surface area contributed by atoms with Gasteiger partial charge in [0.05, 0.1) is 6.61 Å². The van der Waals surface area contributed by atoms with Gasteiger partial charge in [0.25, 0.3) is 0 Å². The van der Waals surface area contributed by atoms with Gasteiger partial charge in [0.15, 0.2) is 0 Å². The van der Waals surface area contributed by atoms with Crippen molar-refractivity contribution in [3.8, 4) is 0 Å². The summed E-state index contributed by atoms with van der Waals surface area (Å²) in [6.45, 7) is 1.99. The van der Waals surface area contributed by atoms with Crippen LogP contribution in [0.15, 0.2) is 40.9 Å². The van der Waals surface area contributed by atoms with E-state index in [9.17, 15) is 0 Å². The van der Waals surface area contributed by atoms with Gasteiger partial charge < -0.3 is 5.11 Å². The van der Waals surface area contributed by atoms with Gasteiger partial charge in [0, 0.05) is 12.4 Å². The first-order valence-electron chi connectivity index (χ1n) is 4.80. The average Bonchev–Trinajstić information content (AvgIpc) is 2.33. The van der Waals surface area contributed by atoms with Crippen molar-refractivity contribution >= 4 is 11.8 Å². The van der Waals surface area contributed by atoms with Gasteiger partial charge in [0.2, 0.25) is 0 Å². The zero-order valence-corrected chi connectivity index (χ0v) is 9.61. The predicted octanol–water partition coefficient (Wildman–Crippen LogP) is 1.82. The Kier molecular flexibility index (Phi) is 3.48. The summed E-state index contributed by atoms with van der Waals surface area (Å²) in [6.07, 6.45) is 4.89. The quantitative estimate of drug-likeness (QED) is 0.819. The maximum absolute atomic E-state index is 8.98. The minimum absolute atomic E-state index is 0.0201. The molecule has 0 bridgehead atoms. The Morgan fingerprint density at radius 3 is 2.88 bits per heavy atom. The van der Waals surface area contributed by atoms with E-state index in [1.54, 1.807) is 12.4 Å². The van der Waals surface area contributed by atoms with E-state index in [0.29, 0.717) is 0 Å². The zero-order valence-electron chi connectivity index (χ0n) is 8.79. The van der Waals surface area contributed by atoms with E-state index >= 15 is 0 Å². The van der Waals surface area contributed by atoms with Crippen LogP contribution in [-0.2, 0) is 6.61 Å². The normalized spacial score (nSPS) is 10.4. The molecule has 4 nitrogen and oxygen atoms in total. The second-order valence-electron chi connectivity index (χ2n) is 3.27. The molecule has 0 radical (unpaired) electrons. The summed E-state index contributed by atoms with van der Waals surface area (Å²) in [5.74, 6) is 0. The molecule has 82 valence electrons. The fourth-order valence-corrected chi connectivity index (χ4v) is 2.00. The third kappa shape index (κ3) is 2.56. The molecule has 0 aliphatic carbocycles. The molecule has 0 saturated carbocycles. The van der Waals surface area contributed by atoms with Crippen LogP contribution in [0, 0.1) is 6.92 Å². The Bertz CT molecular complexity index is 476. The van der Waals surface area contributed by atoms with Crippen molar-refractivity contribution in [1.29, 1.82) is 0 Å². The Morgan fingerprint density at radius 2 is 2.25 bits per heavy atom. The highest BCUT2D eigenvalue weighted by atomic mass is 32.2. The SMILES string of the molecule is Cc1cc(CO)cnc1Sc1ccncn1. The van der Waals surface area contributed by atoms with Crippen molar-refractivity contribution < 1.29 is 5.11 Å². The molecule has 0 fully saturated rings. The molecule has 2 heterocycles. The molecule has 2 aromatic rings. The summed E-state index contributed by atoms with van der Waals surface area (Å²) in [4.78, 5) is 12.3. The van der Waals surface area contributed by atoms with Gasteiger partial charge in [-0.1, -0.05) is 0 Å². The lowest BCUT2D eigenvalue weighted by Crippen LogP contribution is -1.91. The van der Waals surface area contributed by atoms with Gasteiger partial charge in [-0.2, -0.15) is 0 Å². The molecule has 0 unspecified atom stereocenters. The Hall–Kier alpha value is -1.46. The number of pyridine rings is 1. The maximum Gasteiger partial charge on any atom is 0.116 e. The molecular weight excluding hydrogens is 222 g/mol. The van der Waals surface area contributed by atoms with E-state index in [2.05, 4.69) is 15.0 Å². The first-order chi connectivity index (χ1) is 7.79. The summed E-state index contributed by atoms with van der Waals surface area (Å²) in [5, 5.41) is 10.7. The van der Waals surface area contributed by atoms with Crippen molar-refractivity contribution in [3.05, 3.63) is 42.0 Å². The number of nitrogens with zero attached hydrogens (tertiary/aromatic N) is 3. The monoisotopic (exact) mass is 233 g/mol. The third-order valence-corrected chi connectivity index (χ3v) is 3.10. The standard InChI is InChI=1S/C11H11N3OS/c1-8-4-9(6-15)5-13-11(8)16-10-2-3-12-7-14-10/h2-5,7,15H,6H2,1H3. The molecule has 0 amide bonds.